The fraction of sp³-hybridized carbons (Fsp3) is 0.318. The lowest BCUT2D eigenvalue weighted by Crippen LogP contribution is -2.39. The number of ether oxygens (including phenoxy) is 3. The first-order chi connectivity index (χ1) is 15.5. The van der Waals surface area contributed by atoms with Crippen LogP contribution in [0.4, 0.5) is 11.6 Å². The SMILES string of the molecule is COc1cc(C2C(C(=O)Nc3ccccc3C)C(C)=Nc3nnnn32)cc(OC)c1OC. The number of tetrazole rings is 1. The summed E-state index contributed by atoms with van der Waals surface area (Å²) in [4.78, 5) is 18.0. The molecule has 166 valence electrons. The Bertz CT molecular complexity index is 1160. The molecule has 1 aromatic heterocycles. The van der Waals surface area contributed by atoms with Crippen molar-refractivity contribution < 1.29 is 19.0 Å². The monoisotopic (exact) mass is 436 g/mol. The lowest BCUT2D eigenvalue weighted by Gasteiger charge is -2.30. The zero-order valence-electron chi connectivity index (χ0n) is 18.5. The molecule has 1 aliphatic heterocycles. The van der Waals surface area contributed by atoms with Crippen LogP contribution in [0.15, 0.2) is 41.4 Å². The number of aryl methyl sites for hydroxylation is 1. The molecule has 1 N–H and O–H groups in total. The van der Waals surface area contributed by atoms with Crippen molar-refractivity contribution in [2.45, 2.75) is 19.9 Å². The van der Waals surface area contributed by atoms with Crippen molar-refractivity contribution in [1.29, 1.82) is 0 Å². The fourth-order valence-electron chi connectivity index (χ4n) is 3.90. The third-order valence-electron chi connectivity index (χ3n) is 5.50. The summed E-state index contributed by atoms with van der Waals surface area (Å²) in [5, 5.41) is 14.9. The van der Waals surface area contributed by atoms with Crippen LogP contribution >= 0.6 is 0 Å². The number of aliphatic imine (C=N–C) groups is 1. The second kappa shape index (κ2) is 8.66. The van der Waals surface area contributed by atoms with Gasteiger partial charge in [-0.05, 0) is 53.6 Å². The Kier molecular flexibility index (Phi) is 5.76. The van der Waals surface area contributed by atoms with Crippen molar-refractivity contribution in [2.24, 2.45) is 10.9 Å². The lowest BCUT2D eigenvalue weighted by atomic mass is 9.87. The number of hydrogen-bond donors (Lipinski definition) is 1. The minimum Gasteiger partial charge on any atom is -0.493 e. The molecule has 0 saturated heterocycles. The number of nitrogens with zero attached hydrogens (tertiary/aromatic N) is 5. The topological polar surface area (TPSA) is 113 Å². The molecule has 1 aliphatic rings. The molecular weight excluding hydrogens is 412 g/mol. The zero-order valence-corrected chi connectivity index (χ0v) is 18.5. The maximum Gasteiger partial charge on any atom is 0.269 e. The number of fused-ring (bicyclic) bond motifs is 1. The Morgan fingerprint density at radius 3 is 2.34 bits per heavy atom. The quantitative estimate of drug-likeness (QED) is 0.632. The van der Waals surface area contributed by atoms with Crippen molar-refractivity contribution >= 4 is 23.3 Å². The van der Waals surface area contributed by atoms with Crippen LogP contribution in [0.25, 0.3) is 0 Å². The molecule has 2 aromatic carbocycles. The van der Waals surface area contributed by atoms with Gasteiger partial charge in [0.25, 0.3) is 5.95 Å². The lowest BCUT2D eigenvalue weighted by molar-refractivity contribution is -0.118. The summed E-state index contributed by atoms with van der Waals surface area (Å²) < 4.78 is 18.0. The van der Waals surface area contributed by atoms with E-state index in [4.69, 9.17) is 14.2 Å². The van der Waals surface area contributed by atoms with E-state index in [0.29, 0.717) is 34.5 Å². The van der Waals surface area contributed by atoms with Crippen molar-refractivity contribution in [3.63, 3.8) is 0 Å². The van der Waals surface area contributed by atoms with Crippen LogP contribution in [-0.4, -0.2) is 53.2 Å². The molecule has 3 aromatic rings. The molecule has 2 unspecified atom stereocenters. The van der Waals surface area contributed by atoms with Crippen molar-refractivity contribution in [3.8, 4) is 17.2 Å². The molecule has 0 bridgehead atoms. The van der Waals surface area contributed by atoms with Crippen molar-refractivity contribution in [3.05, 3.63) is 47.5 Å². The van der Waals surface area contributed by atoms with Crippen LogP contribution in [0.3, 0.4) is 0 Å². The van der Waals surface area contributed by atoms with Gasteiger partial charge in [0.05, 0.1) is 27.4 Å². The Balaban J connectivity index is 1.83. The van der Waals surface area contributed by atoms with Gasteiger partial charge in [0.2, 0.25) is 11.7 Å². The van der Waals surface area contributed by atoms with E-state index in [2.05, 4.69) is 25.8 Å². The van der Waals surface area contributed by atoms with Gasteiger partial charge in [0.1, 0.15) is 5.92 Å². The van der Waals surface area contributed by atoms with E-state index in [1.165, 1.54) is 11.8 Å². The van der Waals surface area contributed by atoms with Crippen molar-refractivity contribution in [1.82, 2.24) is 20.2 Å². The van der Waals surface area contributed by atoms with Gasteiger partial charge >= 0.3 is 0 Å². The van der Waals surface area contributed by atoms with Crippen LogP contribution in [0, 0.1) is 12.8 Å². The standard InChI is InChI=1S/C22H24N6O4/c1-12-8-6-7-9-15(12)24-21(29)18-13(2)23-22-25-26-27-28(22)19(18)14-10-16(30-3)20(32-5)17(11-14)31-4/h6-11,18-19H,1-5H3,(H,24,29). The number of anilines is 1. The summed E-state index contributed by atoms with van der Waals surface area (Å²) in [6.45, 7) is 3.73. The van der Waals surface area contributed by atoms with Crippen LogP contribution in [0.2, 0.25) is 0 Å². The van der Waals surface area contributed by atoms with E-state index in [1.54, 1.807) is 33.3 Å². The number of methoxy groups -OCH3 is 3. The maximum absolute atomic E-state index is 13.5. The Morgan fingerprint density at radius 1 is 1.03 bits per heavy atom. The Morgan fingerprint density at radius 2 is 1.72 bits per heavy atom. The summed E-state index contributed by atoms with van der Waals surface area (Å²) in [7, 11) is 4.62. The highest BCUT2D eigenvalue weighted by molar-refractivity contribution is 6.10. The van der Waals surface area contributed by atoms with Gasteiger partial charge in [-0.1, -0.05) is 23.3 Å². The number of nitrogens with one attached hydrogen (secondary N) is 1. The number of carbonyl (C=O) groups is 1. The predicted octanol–water partition coefficient (Wildman–Crippen LogP) is 2.96. The minimum atomic E-state index is -0.673. The van der Waals surface area contributed by atoms with Gasteiger partial charge in [0.15, 0.2) is 11.5 Å². The summed E-state index contributed by atoms with van der Waals surface area (Å²) in [5.41, 5.74) is 3.00. The molecule has 0 spiro atoms. The summed E-state index contributed by atoms with van der Waals surface area (Å²) in [5.74, 6) is 0.817. The first-order valence-electron chi connectivity index (χ1n) is 9.98. The second-order valence-electron chi connectivity index (χ2n) is 7.36. The molecule has 10 heteroatoms. The highest BCUT2D eigenvalue weighted by Gasteiger charge is 2.40. The highest BCUT2D eigenvalue weighted by Crippen LogP contribution is 2.43. The molecule has 1 amide bonds. The first-order valence-corrected chi connectivity index (χ1v) is 9.98. The Labute approximate surface area is 185 Å². The average Bonchev–Trinajstić information content (AvgIpc) is 3.26. The molecule has 0 fully saturated rings. The third-order valence-corrected chi connectivity index (χ3v) is 5.50. The minimum absolute atomic E-state index is 0.222. The van der Waals surface area contributed by atoms with Gasteiger partial charge in [-0.2, -0.15) is 0 Å². The number of amides is 1. The normalized spacial score (nSPS) is 17.2. The number of para-hydroxylation sites is 1. The molecule has 0 aliphatic carbocycles. The molecular formula is C22H24N6O4. The number of aromatic nitrogens is 4. The molecule has 32 heavy (non-hydrogen) atoms. The van der Waals surface area contributed by atoms with Gasteiger partial charge in [-0.15, -0.1) is 0 Å². The van der Waals surface area contributed by atoms with Gasteiger partial charge in [-0.25, -0.2) is 9.67 Å². The molecule has 2 atom stereocenters. The first kappa shape index (κ1) is 21.3. The second-order valence-corrected chi connectivity index (χ2v) is 7.36. The van der Waals surface area contributed by atoms with E-state index < -0.39 is 12.0 Å². The summed E-state index contributed by atoms with van der Waals surface area (Å²) in [6, 6.07) is 10.6. The van der Waals surface area contributed by atoms with Gasteiger partial charge in [0, 0.05) is 11.4 Å². The largest absolute Gasteiger partial charge is 0.493 e. The highest BCUT2D eigenvalue weighted by atomic mass is 16.5. The summed E-state index contributed by atoms with van der Waals surface area (Å²) >= 11 is 0. The third kappa shape index (κ3) is 3.64. The van der Waals surface area contributed by atoms with Gasteiger partial charge < -0.3 is 19.5 Å². The van der Waals surface area contributed by atoms with Crippen LogP contribution < -0.4 is 19.5 Å². The van der Waals surface area contributed by atoms with E-state index in [0.717, 1.165) is 11.3 Å². The molecule has 4 rings (SSSR count). The molecule has 0 radical (unpaired) electrons. The molecule has 2 heterocycles. The van der Waals surface area contributed by atoms with E-state index in [1.807, 2.05) is 31.2 Å². The van der Waals surface area contributed by atoms with Crippen LogP contribution in [0.1, 0.15) is 24.1 Å². The van der Waals surface area contributed by atoms with E-state index in [9.17, 15) is 4.79 Å². The maximum atomic E-state index is 13.5. The van der Waals surface area contributed by atoms with E-state index >= 15 is 0 Å². The smallest absolute Gasteiger partial charge is 0.269 e. The summed E-state index contributed by atoms with van der Waals surface area (Å²) in [6.07, 6.45) is 0. The predicted molar refractivity (Wildman–Crippen MR) is 118 cm³/mol. The van der Waals surface area contributed by atoms with E-state index in [-0.39, 0.29) is 5.91 Å². The molecule has 10 nitrogen and oxygen atoms in total. The number of hydrogen-bond acceptors (Lipinski definition) is 8. The Hall–Kier alpha value is -3.95. The number of benzene rings is 2. The molecule has 0 saturated carbocycles. The van der Waals surface area contributed by atoms with Crippen LogP contribution in [-0.2, 0) is 4.79 Å². The number of carbonyl (C=O) groups excluding carboxylic acids is 1. The average molecular weight is 436 g/mol. The van der Waals surface area contributed by atoms with Gasteiger partial charge in [-0.3, -0.25) is 4.79 Å². The van der Waals surface area contributed by atoms with Crippen molar-refractivity contribution in [2.75, 3.05) is 26.6 Å². The van der Waals surface area contributed by atoms with Crippen LogP contribution in [0.5, 0.6) is 17.2 Å². The fourth-order valence-corrected chi connectivity index (χ4v) is 3.90. The zero-order chi connectivity index (χ0) is 22.8. The number of rotatable bonds is 6.